The summed E-state index contributed by atoms with van der Waals surface area (Å²) in [5.41, 5.74) is 2.32. The van der Waals surface area contributed by atoms with Gasteiger partial charge in [-0.3, -0.25) is 10.1 Å². The van der Waals surface area contributed by atoms with Crippen molar-refractivity contribution in [3.05, 3.63) is 90.0 Å². The first-order valence-corrected chi connectivity index (χ1v) is 11.0. The lowest BCUT2D eigenvalue weighted by Gasteiger charge is -2.12. The van der Waals surface area contributed by atoms with Gasteiger partial charge in [-0.1, -0.05) is 50.2 Å². The zero-order chi connectivity index (χ0) is 22.8. The number of thiocarbonyl (C=S) groups is 1. The molecule has 0 saturated heterocycles. The first-order valence-electron chi connectivity index (χ1n) is 10.6. The summed E-state index contributed by atoms with van der Waals surface area (Å²) in [6.07, 6.45) is 0.987. The molecule has 0 aliphatic rings. The molecule has 0 aromatic heterocycles. The number of hydrogen-bond acceptors (Lipinski definition) is 4. The predicted molar refractivity (Wildman–Crippen MR) is 132 cm³/mol. The zero-order valence-electron chi connectivity index (χ0n) is 18.3. The van der Waals surface area contributed by atoms with Gasteiger partial charge in [-0.2, -0.15) is 0 Å². The van der Waals surface area contributed by atoms with Gasteiger partial charge in [-0.25, -0.2) is 0 Å². The number of carbonyl (C=O) groups is 1. The van der Waals surface area contributed by atoms with Crippen LogP contribution in [0.25, 0.3) is 0 Å². The molecule has 32 heavy (non-hydrogen) atoms. The second kappa shape index (κ2) is 11.9. The Hall–Kier alpha value is -3.38. The Bertz CT molecular complexity index is 1020. The number of ether oxygens (including phenoxy) is 2. The summed E-state index contributed by atoms with van der Waals surface area (Å²) >= 11 is 5.30. The van der Waals surface area contributed by atoms with E-state index >= 15 is 0 Å². The highest BCUT2D eigenvalue weighted by molar-refractivity contribution is 7.80. The minimum atomic E-state index is -0.285. The molecular weight excluding hydrogens is 420 g/mol. The van der Waals surface area contributed by atoms with Crippen LogP contribution in [0.15, 0.2) is 78.9 Å². The lowest BCUT2D eigenvalue weighted by molar-refractivity contribution is 0.0977. The first-order chi connectivity index (χ1) is 15.5. The van der Waals surface area contributed by atoms with Gasteiger partial charge >= 0.3 is 0 Å². The third kappa shape index (κ3) is 7.71. The van der Waals surface area contributed by atoms with Gasteiger partial charge in [0.2, 0.25) is 0 Å². The van der Waals surface area contributed by atoms with Crippen LogP contribution in [0, 0.1) is 5.92 Å². The monoisotopic (exact) mass is 448 g/mol. The van der Waals surface area contributed by atoms with Crippen molar-refractivity contribution in [2.24, 2.45) is 5.92 Å². The second-order valence-electron chi connectivity index (χ2n) is 7.77. The Morgan fingerprint density at radius 2 is 1.66 bits per heavy atom. The summed E-state index contributed by atoms with van der Waals surface area (Å²) in [5, 5.41) is 5.94. The Morgan fingerprint density at radius 3 is 2.38 bits per heavy atom. The fourth-order valence-corrected chi connectivity index (χ4v) is 3.07. The van der Waals surface area contributed by atoms with Crippen LogP contribution in [-0.4, -0.2) is 17.6 Å². The largest absolute Gasteiger partial charge is 0.494 e. The van der Waals surface area contributed by atoms with Gasteiger partial charge in [-0.15, -0.1) is 0 Å². The molecule has 0 atom stereocenters. The third-order valence-electron chi connectivity index (χ3n) is 4.65. The van der Waals surface area contributed by atoms with Gasteiger partial charge in [0.15, 0.2) is 5.11 Å². The molecule has 0 fully saturated rings. The maximum Gasteiger partial charge on any atom is 0.257 e. The maximum absolute atomic E-state index is 12.5. The van der Waals surface area contributed by atoms with Crippen LogP contribution in [0.1, 0.15) is 36.2 Å². The molecule has 0 radical (unpaired) electrons. The summed E-state index contributed by atoms with van der Waals surface area (Å²) in [5.74, 6) is 1.76. The van der Waals surface area contributed by atoms with Gasteiger partial charge in [-0.05, 0) is 66.5 Å². The SMILES string of the molecule is CC(C)CCOc1ccc(C(=O)NC(=S)Nc2cccc(OCc3ccccc3)c2)cc1. The van der Waals surface area contributed by atoms with Crippen LogP contribution in [0.2, 0.25) is 0 Å². The van der Waals surface area contributed by atoms with Crippen molar-refractivity contribution in [1.82, 2.24) is 5.32 Å². The molecule has 3 aromatic carbocycles. The molecular formula is C26H28N2O3S. The zero-order valence-corrected chi connectivity index (χ0v) is 19.2. The lowest BCUT2D eigenvalue weighted by Crippen LogP contribution is -2.34. The Labute approximate surface area is 194 Å². The average Bonchev–Trinajstić information content (AvgIpc) is 2.79. The lowest BCUT2D eigenvalue weighted by atomic mass is 10.1. The molecule has 0 aliphatic heterocycles. The van der Waals surface area contributed by atoms with Gasteiger partial charge in [0.25, 0.3) is 5.91 Å². The van der Waals surface area contributed by atoms with Crippen molar-refractivity contribution in [1.29, 1.82) is 0 Å². The molecule has 6 heteroatoms. The van der Waals surface area contributed by atoms with Crippen LogP contribution < -0.4 is 20.1 Å². The van der Waals surface area contributed by atoms with Crippen molar-refractivity contribution in [2.75, 3.05) is 11.9 Å². The van der Waals surface area contributed by atoms with Crippen LogP contribution in [0.4, 0.5) is 5.69 Å². The van der Waals surface area contributed by atoms with Gasteiger partial charge in [0.05, 0.1) is 6.61 Å². The summed E-state index contributed by atoms with van der Waals surface area (Å²) in [7, 11) is 0. The molecule has 0 heterocycles. The average molecular weight is 449 g/mol. The van der Waals surface area contributed by atoms with E-state index in [2.05, 4.69) is 24.5 Å². The number of nitrogens with one attached hydrogen (secondary N) is 2. The van der Waals surface area contributed by atoms with Gasteiger partial charge < -0.3 is 14.8 Å². The van der Waals surface area contributed by atoms with Crippen molar-refractivity contribution < 1.29 is 14.3 Å². The molecule has 3 aromatic rings. The van der Waals surface area contributed by atoms with E-state index in [4.69, 9.17) is 21.7 Å². The summed E-state index contributed by atoms with van der Waals surface area (Å²) in [4.78, 5) is 12.5. The highest BCUT2D eigenvalue weighted by Crippen LogP contribution is 2.19. The normalized spacial score (nSPS) is 10.5. The molecule has 0 unspecified atom stereocenters. The molecule has 3 rings (SSSR count). The molecule has 0 aliphatic carbocycles. The van der Waals surface area contributed by atoms with E-state index in [0.29, 0.717) is 30.4 Å². The Morgan fingerprint density at radius 1 is 0.906 bits per heavy atom. The fourth-order valence-electron chi connectivity index (χ4n) is 2.86. The Kier molecular flexibility index (Phi) is 8.63. The number of anilines is 1. The third-order valence-corrected chi connectivity index (χ3v) is 4.85. The maximum atomic E-state index is 12.5. The predicted octanol–water partition coefficient (Wildman–Crippen LogP) is 5.82. The smallest absolute Gasteiger partial charge is 0.257 e. The van der Waals surface area contributed by atoms with Crippen molar-refractivity contribution in [3.8, 4) is 11.5 Å². The molecule has 2 N–H and O–H groups in total. The van der Waals surface area contributed by atoms with Crippen LogP contribution in [0.3, 0.4) is 0 Å². The minimum absolute atomic E-state index is 0.215. The molecule has 0 spiro atoms. The highest BCUT2D eigenvalue weighted by Gasteiger charge is 2.09. The van der Waals surface area contributed by atoms with E-state index in [1.807, 2.05) is 54.6 Å². The number of benzene rings is 3. The molecule has 0 bridgehead atoms. The van der Waals surface area contributed by atoms with E-state index in [9.17, 15) is 4.79 Å². The van der Waals surface area contributed by atoms with E-state index in [1.54, 1.807) is 24.3 Å². The summed E-state index contributed by atoms with van der Waals surface area (Å²) < 4.78 is 11.5. The van der Waals surface area contributed by atoms with Crippen molar-refractivity contribution in [3.63, 3.8) is 0 Å². The van der Waals surface area contributed by atoms with E-state index in [1.165, 1.54) is 0 Å². The number of hydrogen-bond donors (Lipinski definition) is 2. The van der Waals surface area contributed by atoms with Crippen LogP contribution >= 0.6 is 12.2 Å². The first kappa shape index (κ1) is 23.3. The minimum Gasteiger partial charge on any atom is -0.494 e. The second-order valence-corrected chi connectivity index (χ2v) is 8.17. The van der Waals surface area contributed by atoms with Crippen LogP contribution in [0.5, 0.6) is 11.5 Å². The van der Waals surface area contributed by atoms with E-state index in [0.717, 1.165) is 23.4 Å². The van der Waals surface area contributed by atoms with Crippen molar-refractivity contribution >= 4 is 28.9 Å². The van der Waals surface area contributed by atoms with E-state index in [-0.39, 0.29) is 11.0 Å². The number of carbonyl (C=O) groups excluding carboxylic acids is 1. The van der Waals surface area contributed by atoms with Crippen LogP contribution in [-0.2, 0) is 6.61 Å². The van der Waals surface area contributed by atoms with Crippen molar-refractivity contribution in [2.45, 2.75) is 26.9 Å². The van der Waals surface area contributed by atoms with Gasteiger partial charge in [0, 0.05) is 17.3 Å². The molecule has 166 valence electrons. The molecule has 0 saturated carbocycles. The fraction of sp³-hybridized carbons (Fsp3) is 0.231. The summed E-state index contributed by atoms with van der Waals surface area (Å²) in [6, 6.07) is 24.4. The topological polar surface area (TPSA) is 59.6 Å². The molecule has 5 nitrogen and oxygen atoms in total. The number of amides is 1. The number of rotatable bonds is 9. The summed E-state index contributed by atoms with van der Waals surface area (Å²) in [6.45, 7) is 5.44. The Balaban J connectivity index is 1.49. The standard InChI is InChI=1S/C26H28N2O3S/c1-19(2)15-16-30-23-13-11-21(12-14-23)25(29)28-26(32)27-22-9-6-10-24(17-22)31-18-20-7-4-3-5-8-20/h3-14,17,19H,15-16,18H2,1-2H3,(H2,27,28,29,32). The quantitative estimate of drug-likeness (QED) is 0.404. The highest BCUT2D eigenvalue weighted by atomic mass is 32.1. The van der Waals surface area contributed by atoms with E-state index < -0.39 is 0 Å². The molecule has 1 amide bonds. The van der Waals surface area contributed by atoms with Gasteiger partial charge in [0.1, 0.15) is 18.1 Å².